The van der Waals surface area contributed by atoms with Crippen LogP contribution in [0.1, 0.15) is 52.2 Å². The van der Waals surface area contributed by atoms with Crippen molar-refractivity contribution < 1.29 is 9.59 Å². The lowest BCUT2D eigenvalue weighted by Gasteiger charge is -2.23. The highest BCUT2D eigenvalue weighted by atomic mass is 35.5. The van der Waals surface area contributed by atoms with Crippen LogP contribution in [0.3, 0.4) is 0 Å². The van der Waals surface area contributed by atoms with E-state index >= 15 is 0 Å². The summed E-state index contributed by atoms with van der Waals surface area (Å²) in [4.78, 5) is 29.4. The molecule has 4 rings (SSSR count). The molecule has 2 aromatic rings. The van der Waals surface area contributed by atoms with E-state index in [9.17, 15) is 9.59 Å². The van der Waals surface area contributed by atoms with Crippen LogP contribution >= 0.6 is 22.9 Å². The van der Waals surface area contributed by atoms with Crippen molar-refractivity contribution in [2.24, 2.45) is 0 Å². The Kier molecular flexibility index (Phi) is 5.50. The minimum Gasteiger partial charge on any atom is -0.352 e. The average molecular weight is 403 g/mol. The quantitative estimate of drug-likeness (QED) is 0.794. The van der Waals surface area contributed by atoms with Crippen LogP contribution in [0.4, 0.5) is 5.69 Å². The predicted molar refractivity (Wildman–Crippen MR) is 110 cm³/mol. The second-order valence-electron chi connectivity index (χ2n) is 7.33. The molecule has 1 N–H and O–H groups in total. The summed E-state index contributed by atoms with van der Waals surface area (Å²) >= 11 is 7.70. The average Bonchev–Trinajstić information content (AvgIpc) is 3.36. The zero-order chi connectivity index (χ0) is 18.8. The summed E-state index contributed by atoms with van der Waals surface area (Å²) in [6, 6.07) is 9.38. The van der Waals surface area contributed by atoms with Crippen LogP contribution in [0.2, 0.25) is 5.02 Å². The SMILES string of the molecule is O=C(CN(C(=O)c1cc2c(s1)CCC2)c1cccc(Cl)c1)NC1CCCC1. The molecule has 2 aliphatic carbocycles. The first kappa shape index (κ1) is 18.5. The topological polar surface area (TPSA) is 49.4 Å². The summed E-state index contributed by atoms with van der Waals surface area (Å²) in [6.45, 7) is 0.0121. The second-order valence-corrected chi connectivity index (χ2v) is 8.91. The first-order valence-electron chi connectivity index (χ1n) is 9.58. The molecular formula is C21H23ClN2O2S. The molecular weight excluding hydrogens is 380 g/mol. The Bertz CT molecular complexity index is 836. The van der Waals surface area contributed by atoms with Crippen molar-refractivity contribution in [1.29, 1.82) is 0 Å². The van der Waals surface area contributed by atoms with Gasteiger partial charge in [0.2, 0.25) is 5.91 Å². The van der Waals surface area contributed by atoms with Gasteiger partial charge in [0.25, 0.3) is 5.91 Å². The third-order valence-electron chi connectivity index (χ3n) is 5.34. The van der Waals surface area contributed by atoms with E-state index in [4.69, 9.17) is 11.6 Å². The number of aryl methyl sites for hydroxylation is 2. The molecule has 0 aliphatic heterocycles. The van der Waals surface area contributed by atoms with E-state index in [1.165, 1.54) is 10.4 Å². The van der Waals surface area contributed by atoms with Crippen molar-refractivity contribution in [3.05, 3.63) is 50.7 Å². The third-order valence-corrected chi connectivity index (χ3v) is 6.80. The number of fused-ring (bicyclic) bond motifs is 1. The Morgan fingerprint density at radius 2 is 1.96 bits per heavy atom. The molecule has 0 atom stereocenters. The van der Waals surface area contributed by atoms with Gasteiger partial charge in [-0.25, -0.2) is 0 Å². The molecule has 2 amide bonds. The lowest BCUT2D eigenvalue weighted by atomic mass is 10.2. The Balaban J connectivity index is 1.56. The number of thiophene rings is 1. The number of nitrogens with one attached hydrogen (secondary N) is 1. The van der Waals surface area contributed by atoms with Gasteiger partial charge in [0.05, 0.1) is 4.88 Å². The lowest BCUT2D eigenvalue weighted by Crippen LogP contribution is -2.43. The number of carbonyl (C=O) groups is 2. The van der Waals surface area contributed by atoms with E-state index in [-0.39, 0.29) is 24.4 Å². The van der Waals surface area contributed by atoms with Crippen LogP contribution in [0.15, 0.2) is 30.3 Å². The molecule has 27 heavy (non-hydrogen) atoms. The highest BCUT2D eigenvalue weighted by Crippen LogP contribution is 2.32. The lowest BCUT2D eigenvalue weighted by molar-refractivity contribution is -0.120. The number of carbonyl (C=O) groups excluding carboxylic acids is 2. The van der Waals surface area contributed by atoms with Gasteiger partial charge in [-0.15, -0.1) is 11.3 Å². The number of hydrogen-bond donors (Lipinski definition) is 1. The van der Waals surface area contributed by atoms with Crippen LogP contribution in [0.5, 0.6) is 0 Å². The zero-order valence-electron chi connectivity index (χ0n) is 15.2. The van der Waals surface area contributed by atoms with Crippen molar-refractivity contribution in [3.63, 3.8) is 0 Å². The first-order valence-corrected chi connectivity index (χ1v) is 10.8. The Morgan fingerprint density at radius 3 is 2.70 bits per heavy atom. The number of benzene rings is 1. The molecule has 6 heteroatoms. The minimum absolute atomic E-state index is 0.0121. The summed E-state index contributed by atoms with van der Waals surface area (Å²) in [5, 5.41) is 3.63. The normalized spacial score (nSPS) is 16.3. The van der Waals surface area contributed by atoms with E-state index in [2.05, 4.69) is 5.32 Å². The number of amides is 2. The molecule has 142 valence electrons. The first-order chi connectivity index (χ1) is 13.1. The van der Waals surface area contributed by atoms with Gasteiger partial charge >= 0.3 is 0 Å². The fraction of sp³-hybridized carbons (Fsp3) is 0.429. The van der Waals surface area contributed by atoms with E-state index in [0.29, 0.717) is 15.6 Å². The maximum absolute atomic E-state index is 13.2. The largest absolute Gasteiger partial charge is 0.352 e. The number of rotatable bonds is 5. The molecule has 1 aromatic carbocycles. The molecule has 4 nitrogen and oxygen atoms in total. The van der Waals surface area contributed by atoms with Gasteiger partial charge in [-0.2, -0.15) is 0 Å². The van der Waals surface area contributed by atoms with Crippen LogP contribution in [-0.4, -0.2) is 24.4 Å². The van der Waals surface area contributed by atoms with Gasteiger partial charge in [-0.05, 0) is 61.9 Å². The Morgan fingerprint density at radius 1 is 1.15 bits per heavy atom. The highest BCUT2D eigenvalue weighted by molar-refractivity contribution is 7.14. The van der Waals surface area contributed by atoms with Crippen LogP contribution in [0, 0.1) is 0 Å². The van der Waals surface area contributed by atoms with Crippen molar-refractivity contribution in [1.82, 2.24) is 5.32 Å². The number of halogens is 1. The molecule has 2 aliphatic rings. The van der Waals surface area contributed by atoms with Gasteiger partial charge in [-0.3, -0.25) is 14.5 Å². The smallest absolute Gasteiger partial charge is 0.268 e. The summed E-state index contributed by atoms with van der Waals surface area (Å²) < 4.78 is 0. The summed E-state index contributed by atoms with van der Waals surface area (Å²) in [6.07, 6.45) is 7.61. The molecule has 0 spiro atoms. The Hall–Kier alpha value is -1.85. The van der Waals surface area contributed by atoms with E-state index in [1.54, 1.807) is 34.4 Å². The molecule has 0 unspecified atom stereocenters. The summed E-state index contributed by atoms with van der Waals surface area (Å²) in [5.41, 5.74) is 1.94. The molecule has 0 radical (unpaired) electrons. The molecule has 1 saturated carbocycles. The van der Waals surface area contributed by atoms with Crippen LogP contribution < -0.4 is 10.2 Å². The monoisotopic (exact) mass is 402 g/mol. The summed E-state index contributed by atoms with van der Waals surface area (Å²) in [5.74, 6) is -0.238. The van der Waals surface area contributed by atoms with Gasteiger partial charge < -0.3 is 5.32 Å². The molecule has 1 fully saturated rings. The highest BCUT2D eigenvalue weighted by Gasteiger charge is 2.26. The predicted octanol–water partition coefficient (Wildman–Crippen LogP) is 4.60. The third kappa shape index (κ3) is 4.19. The van der Waals surface area contributed by atoms with Gasteiger partial charge in [0.15, 0.2) is 0 Å². The van der Waals surface area contributed by atoms with Gasteiger partial charge in [-0.1, -0.05) is 30.5 Å². The Labute approximate surface area is 168 Å². The number of anilines is 1. The second kappa shape index (κ2) is 8.03. The molecule has 0 bridgehead atoms. The van der Waals surface area contributed by atoms with Crippen molar-refractivity contribution in [2.45, 2.75) is 51.0 Å². The fourth-order valence-corrected chi connectivity index (χ4v) is 5.37. The van der Waals surface area contributed by atoms with E-state index < -0.39 is 0 Å². The van der Waals surface area contributed by atoms with Crippen molar-refractivity contribution >= 4 is 40.4 Å². The van der Waals surface area contributed by atoms with Crippen molar-refractivity contribution in [2.75, 3.05) is 11.4 Å². The number of nitrogens with zero attached hydrogens (tertiary/aromatic N) is 1. The van der Waals surface area contributed by atoms with Crippen molar-refractivity contribution in [3.8, 4) is 0 Å². The number of hydrogen-bond acceptors (Lipinski definition) is 3. The van der Waals surface area contributed by atoms with Crippen LogP contribution in [0.25, 0.3) is 0 Å². The zero-order valence-corrected chi connectivity index (χ0v) is 16.7. The standard InChI is InChI=1S/C21H23ClN2O2S/c22-15-6-4-9-17(12-15)24(13-20(25)23-16-7-1-2-8-16)21(26)19-11-14-5-3-10-18(14)27-19/h4,6,9,11-12,16H,1-3,5,7-8,10,13H2,(H,23,25). The van der Waals surface area contributed by atoms with Gasteiger partial charge in [0.1, 0.15) is 6.54 Å². The maximum atomic E-state index is 13.2. The van der Waals surface area contributed by atoms with E-state index in [0.717, 1.165) is 44.9 Å². The van der Waals surface area contributed by atoms with Crippen LogP contribution in [-0.2, 0) is 17.6 Å². The minimum atomic E-state index is -0.127. The molecule has 0 saturated heterocycles. The van der Waals surface area contributed by atoms with E-state index in [1.807, 2.05) is 12.1 Å². The maximum Gasteiger partial charge on any atom is 0.268 e. The van der Waals surface area contributed by atoms with Gasteiger partial charge in [0, 0.05) is 21.6 Å². The summed E-state index contributed by atoms with van der Waals surface area (Å²) in [7, 11) is 0. The fourth-order valence-electron chi connectivity index (χ4n) is 3.98. The molecule has 1 heterocycles. The molecule has 1 aromatic heterocycles.